The molecule has 1 aliphatic heterocycles. The molecule has 1 aliphatic carbocycles. The summed E-state index contributed by atoms with van der Waals surface area (Å²) >= 11 is 0. The molecule has 9 heteroatoms. The smallest absolute Gasteiger partial charge is 0.407 e. The summed E-state index contributed by atoms with van der Waals surface area (Å²) in [5.74, 6) is -1.48. The number of rotatable bonds is 8. The maximum absolute atomic E-state index is 12.6. The normalized spacial score (nSPS) is 22.4. The number of piperidine rings is 1. The van der Waals surface area contributed by atoms with Crippen molar-refractivity contribution in [1.82, 2.24) is 15.5 Å². The van der Waals surface area contributed by atoms with Crippen LogP contribution in [0.3, 0.4) is 0 Å². The Kier molecular flexibility index (Phi) is 6.22. The van der Waals surface area contributed by atoms with Gasteiger partial charge in [-0.2, -0.15) is 0 Å². The summed E-state index contributed by atoms with van der Waals surface area (Å²) in [5.41, 5.74) is 5.38. The lowest BCUT2D eigenvalue weighted by Gasteiger charge is -2.29. The molecule has 3 atom stereocenters. The predicted octanol–water partition coefficient (Wildman–Crippen LogP) is -0.349. The average Bonchev–Trinajstić information content (AvgIpc) is 3.37. The number of nitrogens with one attached hydrogen (secondary N) is 2. The van der Waals surface area contributed by atoms with Crippen LogP contribution in [0.2, 0.25) is 0 Å². The fourth-order valence-corrected chi connectivity index (χ4v) is 3.10. The molecule has 0 radical (unpaired) electrons. The van der Waals surface area contributed by atoms with Crippen LogP contribution in [0.15, 0.2) is 0 Å². The van der Waals surface area contributed by atoms with Crippen LogP contribution in [-0.2, 0) is 14.4 Å². The van der Waals surface area contributed by atoms with E-state index in [-0.39, 0.29) is 18.2 Å². The average molecular weight is 354 g/mol. The molecule has 0 aromatic rings. The molecular formula is C16H26N4O5. The third kappa shape index (κ3) is 5.33. The Hall–Kier alpha value is -2.32. The highest BCUT2D eigenvalue weighted by Crippen LogP contribution is 2.34. The Labute approximate surface area is 146 Å². The zero-order valence-corrected chi connectivity index (χ0v) is 14.4. The Morgan fingerprint density at radius 2 is 2.00 bits per heavy atom. The van der Waals surface area contributed by atoms with Gasteiger partial charge in [-0.15, -0.1) is 0 Å². The summed E-state index contributed by atoms with van der Waals surface area (Å²) in [6, 6.07) is -1.86. The molecule has 1 heterocycles. The van der Waals surface area contributed by atoms with Gasteiger partial charge in [0.05, 0.1) is 0 Å². The lowest BCUT2D eigenvalue weighted by molar-refractivity contribution is -0.132. The molecule has 0 bridgehead atoms. The monoisotopic (exact) mass is 354 g/mol. The summed E-state index contributed by atoms with van der Waals surface area (Å²) in [4.78, 5) is 48.3. The number of amides is 4. The summed E-state index contributed by atoms with van der Waals surface area (Å²) in [6.45, 7) is 0.607. The summed E-state index contributed by atoms with van der Waals surface area (Å²) in [6.07, 6.45) is 2.72. The van der Waals surface area contributed by atoms with E-state index in [2.05, 4.69) is 10.6 Å². The summed E-state index contributed by atoms with van der Waals surface area (Å²) in [5, 5.41) is 14.5. The Bertz CT molecular complexity index is 549. The van der Waals surface area contributed by atoms with Gasteiger partial charge in [0.25, 0.3) is 0 Å². The van der Waals surface area contributed by atoms with Crippen molar-refractivity contribution in [2.45, 2.75) is 50.6 Å². The number of carbonyl (C=O) groups excluding carboxylic acids is 3. The number of nitrogens with zero attached hydrogens (tertiary/aromatic N) is 1. The van der Waals surface area contributed by atoms with Gasteiger partial charge in [0.1, 0.15) is 12.1 Å². The van der Waals surface area contributed by atoms with Gasteiger partial charge < -0.3 is 21.5 Å². The molecule has 140 valence electrons. The first kappa shape index (κ1) is 19.0. The molecule has 5 N–H and O–H groups in total. The fraction of sp³-hybridized carbons (Fsp3) is 0.750. The molecule has 9 nitrogen and oxygen atoms in total. The maximum atomic E-state index is 12.6. The molecule has 2 aliphatic rings. The van der Waals surface area contributed by atoms with Gasteiger partial charge in [-0.25, -0.2) is 4.79 Å². The van der Waals surface area contributed by atoms with Gasteiger partial charge in [-0.1, -0.05) is 12.8 Å². The van der Waals surface area contributed by atoms with Crippen molar-refractivity contribution >= 4 is 23.8 Å². The highest BCUT2D eigenvalue weighted by Gasteiger charge is 2.36. The molecule has 2 rings (SSSR count). The maximum Gasteiger partial charge on any atom is 0.407 e. The van der Waals surface area contributed by atoms with Crippen LogP contribution in [0.5, 0.6) is 0 Å². The van der Waals surface area contributed by atoms with Crippen LogP contribution in [0.4, 0.5) is 4.79 Å². The SMILES string of the molecule is CN(C(=O)O)C(CC1CC1)C(=O)NC(C[C@@H]1CCCNC1=O)C(N)=O. The third-order valence-electron chi connectivity index (χ3n) is 4.90. The standard InChI is InChI=1S/C16H26N4O5/c1-20(16(24)25)12(7-9-4-5-9)15(23)19-11(13(17)21)8-10-3-2-6-18-14(10)22/h9-12H,2-8H2,1H3,(H2,17,21)(H,18,22)(H,19,23)(H,24,25)/t10-,11?,12?/m0/s1. The lowest BCUT2D eigenvalue weighted by Crippen LogP contribution is -2.54. The predicted molar refractivity (Wildman–Crippen MR) is 88.4 cm³/mol. The Balaban J connectivity index is 2.02. The first-order valence-corrected chi connectivity index (χ1v) is 8.62. The van der Waals surface area contributed by atoms with Crippen LogP contribution in [0.25, 0.3) is 0 Å². The third-order valence-corrected chi connectivity index (χ3v) is 4.90. The van der Waals surface area contributed by atoms with E-state index < -0.39 is 30.0 Å². The van der Waals surface area contributed by atoms with Crippen molar-refractivity contribution in [3.63, 3.8) is 0 Å². The number of likely N-dealkylation sites (N-methyl/N-ethyl adjacent to an activating group) is 1. The zero-order valence-electron chi connectivity index (χ0n) is 14.4. The molecule has 0 aromatic heterocycles. The molecular weight excluding hydrogens is 328 g/mol. The summed E-state index contributed by atoms with van der Waals surface area (Å²) < 4.78 is 0. The van der Waals surface area contributed by atoms with Gasteiger partial charge in [0.2, 0.25) is 17.7 Å². The lowest BCUT2D eigenvalue weighted by atomic mass is 9.91. The number of primary amides is 1. The number of carbonyl (C=O) groups is 4. The van der Waals surface area contributed by atoms with E-state index in [1.165, 1.54) is 7.05 Å². The van der Waals surface area contributed by atoms with E-state index in [4.69, 9.17) is 5.73 Å². The molecule has 1 saturated carbocycles. The highest BCUT2D eigenvalue weighted by molar-refractivity contribution is 5.91. The van der Waals surface area contributed by atoms with Crippen LogP contribution in [0.1, 0.15) is 38.5 Å². The first-order valence-electron chi connectivity index (χ1n) is 8.62. The zero-order chi connectivity index (χ0) is 18.6. The molecule has 2 unspecified atom stereocenters. The minimum Gasteiger partial charge on any atom is -0.465 e. The molecule has 2 fully saturated rings. The van der Waals surface area contributed by atoms with E-state index in [0.29, 0.717) is 25.3 Å². The molecule has 1 saturated heterocycles. The van der Waals surface area contributed by atoms with E-state index >= 15 is 0 Å². The Morgan fingerprint density at radius 3 is 2.52 bits per heavy atom. The number of carboxylic acid groups (broad SMARTS) is 1. The first-order chi connectivity index (χ1) is 11.8. The van der Waals surface area contributed by atoms with Gasteiger partial charge in [-0.3, -0.25) is 19.3 Å². The topological polar surface area (TPSA) is 142 Å². The minimum atomic E-state index is -1.21. The largest absolute Gasteiger partial charge is 0.465 e. The molecule has 0 aromatic carbocycles. The molecule has 4 amide bonds. The van der Waals surface area contributed by atoms with E-state index in [0.717, 1.165) is 24.2 Å². The van der Waals surface area contributed by atoms with Crippen LogP contribution in [0, 0.1) is 11.8 Å². The van der Waals surface area contributed by atoms with Crippen LogP contribution >= 0.6 is 0 Å². The highest BCUT2D eigenvalue weighted by atomic mass is 16.4. The Morgan fingerprint density at radius 1 is 1.32 bits per heavy atom. The second-order valence-corrected chi connectivity index (χ2v) is 6.92. The quantitative estimate of drug-likeness (QED) is 0.471. The molecule has 0 spiro atoms. The van der Waals surface area contributed by atoms with Crippen molar-refractivity contribution in [2.75, 3.05) is 13.6 Å². The van der Waals surface area contributed by atoms with Crippen LogP contribution in [-0.4, -0.2) is 59.5 Å². The number of hydrogen-bond donors (Lipinski definition) is 4. The van der Waals surface area contributed by atoms with E-state index in [9.17, 15) is 24.3 Å². The van der Waals surface area contributed by atoms with Gasteiger partial charge >= 0.3 is 6.09 Å². The molecule has 25 heavy (non-hydrogen) atoms. The van der Waals surface area contributed by atoms with Crippen molar-refractivity contribution in [2.24, 2.45) is 17.6 Å². The fourth-order valence-electron chi connectivity index (χ4n) is 3.10. The van der Waals surface area contributed by atoms with Gasteiger partial charge in [0, 0.05) is 19.5 Å². The second-order valence-electron chi connectivity index (χ2n) is 6.92. The number of hydrogen-bond acceptors (Lipinski definition) is 4. The van der Waals surface area contributed by atoms with Crippen LogP contribution < -0.4 is 16.4 Å². The van der Waals surface area contributed by atoms with Crippen molar-refractivity contribution in [3.05, 3.63) is 0 Å². The van der Waals surface area contributed by atoms with Crippen molar-refractivity contribution in [3.8, 4) is 0 Å². The summed E-state index contributed by atoms with van der Waals surface area (Å²) in [7, 11) is 1.34. The minimum absolute atomic E-state index is 0.125. The van der Waals surface area contributed by atoms with Crippen molar-refractivity contribution in [1.29, 1.82) is 0 Å². The van der Waals surface area contributed by atoms with Gasteiger partial charge in [0.15, 0.2) is 0 Å². The van der Waals surface area contributed by atoms with Gasteiger partial charge in [-0.05, 0) is 31.6 Å². The second kappa shape index (κ2) is 8.17. The van der Waals surface area contributed by atoms with E-state index in [1.807, 2.05) is 0 Å². The van der Waals surface area contributed by atoms with E-state index in [1.54, 1.807) is 0 Å². The number of nitrogens with two attached hydrogens (primary N) is 1. The van der Waals surface area contributed by atoms with Crippen molar-refractivity contribution < 1.29 is 24.3 Å².